The Kier molecular flexibility index (Phi) is 8.99. The summed E-state index contributed by atoms with van der Waals surface area (Å²) in [5.74, 6) is 0.650. The number of esters is 1. The summed E-state index contributed by atoms with van der Waals surface area (Å²) in [6.07, 6.45) is 0.765. The van der Waals surface area contributed by atoms with Gasteiger partial charge in [0.25, 0.3) is 5.91 Å². The van der Waals surface area contributed by atoms with Crippen LogP contribution in [-0.2, 0) is 11.3 Å². The minimum absolute atomic E-state index is 0.0922. The highest BCUT2D eigenvalue weighted by Crippen LogP contribution is 2.25. The van der Waals surface area contributed by atoms with Gasteiger partial charge in [0.2, 0.25) is 0 Å². The molecule has 214 valence electrons. The van der Waals surface area contributed by atoms with E-state index in [0.29, 0.717) is 39.9 Å². The van der Waals surface area contributed by atoms with Crippen molar-refractivity contribution in [3.05, 3.63) is 113 Å². The van der Waals surface area contributed by atoms with Crippen LogP contribution in [0.2, 0.25) is 5.02 Å². The maximum atomic E-state index is 13.0. The Morgan fingerprint density at radius 3 is 2.52 bits per heavy atom. The Hall–Kier alpha value is -4.89. The van der Waals surface area contributed by atoms with Gasteiger partial charge in [-0.3, -0.25) is 4.79 Å². The van der Waals surface area contributed by atoms with Gasteiger partial charge in [0, 0.05) is 16.7 Å². The molecule has 0 bridgehead atoms. The largest absolute Gasteiger partial charge is 0.497 e. The molecule has 0 spiro atoms. The summed E-state index contributed by atoms with van der Waals surface area (Å²) in [4.78, 5) is 25.3. The average Bonchev–Trinajstić information content (AvgIpc) is 3.42. The molecule has 0 aliphatic rings. The van der Waals surface area contributed by atoms with Crippen LogP contribution in [0.15, 0.2) is 91.0 Å². The molecule has 0 saturated heterocycles. The van der Waals surface area contributed by atoms with Crippen molar-refractivity contribution in [1.82, 2.24) is 20.3 Å². The summed E-state index contributed by atoms with van der Waals surface area (Å²) >= 11 is 6.47. The van der Waals surface area contributed by atoms with Crippen LogP contribution < -0.4 is 19.5 Å². The minimum atomic E-state index is -0.559. The van der Waals surface area contributed by atoms with E-state index in [2.05, 4.69) is 15.6 Å². The Balaban J connectivity index is 1.24. The van der Waals surface area contributed by atoms with Crippen molar-refractivity contribution in [1.29, 1.82) is 0 Å². The lowest BCUT2D eigenvalue weighted by Gasteiger charge is -2.17. The molecule has 1 amide bonds. The number of nitrogens with zero attached hydrogens (tertiary/aromatic N) is 3. The van der Waals surface area contributed by atoms with E-state index in [0.717, 1.165) is 23.1 Å². The van der Waals surface area contributed by atoms with Crippen LogP contribution in [0.1, 0.15) is 40.9 Å². The topological polar surface area (TPSA) is 105 Å². The number of rotatable bonds is 11. The van der Waals surface area contributed by atoms with Gasteiger partial charge < -0.3 is 19.5 Å². The molecule has 0 aliphatic carbocycles. The van der Waals surface area contributed by atoms with Crippen molar-refractivity contribution in [2.24, 2.45) is 0 Å². The number of ether oxygens (including phenoxy) is 3. The van der Waals surface area contributed by atoms with E-state index in [1.165, 1.54) is 7.11 Å². The number of hydrogen-bond acceptors (Lipinski definition) is 7. The standard InChI is InChI=1S/C32H29ClN4O5/c1-3-28(21-8-5-4-6-9-21)34-32(39)22-12-15-30-29(17-22)35-36-37(30)19-23-16-25(13-14-27(23)33)41-20-31(38)42-26-11-7-10-24(18-26)40-2/h4-18,28H,3,19-20H2,1-2H3,(H,34,39)/t28-/m0/s1. The molecule has 9 nitrogen and oxygen atoms in total. The number of hydrogen-bond donors (Lipinski definition) is 1. The van der Waals surface area contributed by atoms with E-state index in [4.69, 9.17) is 25.8 Å². The highest BCUT2D eigenvalue weighted by atomic mass is 35.5. The van der Waals surface area contributed by atoms with Crippen LogP contribution in [0, 0.1) is 0 Å². The molecule has 0 fully saturated rings. The van der Waals surface area contributed by atoms with Gasteiger partial charge in [-0.05, 0) is 66.1 Å². The van der Waals surface area contributed by atoms with Gasteiger partial charge in [-0.25, -0.2) is 9.48 Å². The molecule has 0 saturated carbocycles. The number of aromatic nitrogens is 3. The van der Waals surface area contributed by atoms with Gasteiger partial charge in [0.1, 0.15) is 22.8 Å². The van der Waals surface area contributed by atoms with Crippen LogP contribution in [-0.4, -0.2) is 40.6 Å². The molecule has 0 radical (unpaired) electrons. The number of nitrogens with one attached hydrogen (secondary N) is 1. The monoisotopic (exact) mass is 584 g/mol. The fraction of sp³-hybridized carbons (Fsp3) is 0.188. The van der Waals surface area contributed by atoms with Crippen LogP contribution in [0.25, 0.3) is 11.0 Å². The van der Waals surface area contributed by atoms with Crippen LogP contribution >= 0.6 is 11.6 Å². The normalized spacial score (nSPS) is 11.6. The van der Waals surface area contributed by atoms with Gasteiger partial charge in [-0.2, -0.15) is 0 Å². The van der Waals surface area contributed by atoms with Crippen molar-refractivity contribution in [2.75, 3.05) is 13.7 Å². The third kappa shape index (κ3) is 6.87. The van der Waals surface area contributed by atoms with Crippen LogP contribution in [0.5, 0.6) is 17.2 Å². The van der Waals surface area contributed by atoms with Crippen molar-refractivity contribution in [3.8, 4) is 17.2 Å². The molecular formula is C32H29ClN4O5. The molecule has 4 aromatic carbocycles. The number of amides is 1. The van der Waals surface area contributed by atoms with Crippen molar-refractivity contribution in [2.45, 2.75) is 25.9 Å². The second-order valence-corrected chi connectivity index (χ2v) is 9.90. The van der Waals surface area contributed by atoms with E-state index < -0.39 is 5.97 Å². The second kappa shape index (κ2) is 13.2. The predicted octanol–water partition coefficient (Wildman–Crippen LogP) is 6.01. The van der Waals surface area contributed by atoms with E-state index >= 15 is 0 Å². The quantitative estimate of drug-likeness (QED) is 0.150. The number of methoxy groups -OCH3 is 1. The SMILES string of the molecule is CC[C@H](NC(=O)c1ccc2c(c1)nnn2Cc1cc(OCC(=O)Oc2cccc(OC)c2)ccc1Cl)c1ccccc1. The summed E-state index contributed by atoms with van der Waals surface area (Å²) in [6, 6.07) is 26.9. The van der Waals surface area contributed by atoms with Gasteiger partial charge >= 0.3 is 5.97 Å². The Morgan fingerprint density at radius 2 is 1.74 bits per heavy atom. The first-order chi connectivity index (χ1) is 20.4. The molecule has 1 aromatic heterocycles. The number of carbonyl (C=O) groups excluding carboxylic acids is 2. The third-order valence-electron chi connectivity index (χ3n) is 6.66. The Morgan fingerprint density at radius 1 is 0.929 bits per heavy atom. The molecule has 0 unspecified atom stereocenters. The Labute approximate surface area is 248 Å². The van der Waals surface area contributed by atoms with Gasteiger partial charge in [0.05, 0.1) is 25.2 Å². The van der Waals surface area contributed by atoms with E-state index in [-0.39, 0.29) is 18.6 Å². The van der Waals surface area contributed by atoms with Gasteiger partial charge in [-0.1, -0.05) is 60.1 Å². The predicted molar refractivity (Wildman–Crippen MR) is 159 cm³/mol. The average molecular weight is 585 g/mol. The maximum absolute atomic E-state index is 13.0. The smallest absolute Gasteiger partial charge is 0.349 e. The molecule has 5 aromatic rings. The minimum Gasteiger partial charge on any atom is -0.497 e. The second-order valence-electron chi connectivity index (χ2n) is 9.49. The summed E-state index contributed by atoms with van der Waals surface area (Å²) < 4.78 is 17.8. The number of halogens is 1. The van der Waals surface area contributed by atoms with E-state index in [1.807, 2.05) is 43.3 Å². The maximum Gasteiger partial charge on any atom is 0.349 e. The van der Waals surface area contributed by atoms with Crippen molar-refractivity contribution >= 4 is 34.5 Å². The third-order valence-corrected chi connectivity index (χ3v) is 7.03. The summed E-state index contributed by atoms with van der Waals surface area (Å²) in [5.41, 5.74) is 3.60. The Bertz CT molecular complexity index is 1710. The summed E-state index contributed by atoms with van der Waals surface area (Å²) in [6.45, 7) is 2.04. The van der Waals surface area contributed by atoms with Gasteiger partial charge in [0.15, 0.2) is 6.61 Å². The molecule has 42 heavy (non-hydrogen) atoms. The number of benzene rings is 4. The molecule has 10 heteroatoms. The highest BCUT2D eigenvalue weighted by Gasteiger charge is 2.16. The van der Waals surface area contributed by atoms with Crippen molar-refractivity contribution < 1.29 is 23.8 Å². The molecule has 1 N–H and O–H groups in total. The molecule has 5 rings (SSSR count). The first kappa shape index (κ1) is 28.6. The zero-order chi connectivity index (χ0) is 29.5. The molecule has 0 aliphatic heterocycles. The molecule has 1 heterocycles. The first-order valence-electron chi connectivity index (χ1n) is 13.4. The first-order valence-corrected chi connectivity index (χ1v) is 13.8. The van der Waals surface area contributed by atoms with E-state index in [9.17, 15) is 9.59 Å². The lowest BCUT2D eigenvalue weighted by Crippen LogP contribution is -2.28. The van der Waals surface area contributed by atoms with Crippen molar-refractivity contribution in [3.63, 3.8) is 0 Å². The summed E-state index contributed by atoms with van der Waals surface area (Å²) in [7, 11) is 1.54. The van der Waals surface area contributed by atoms with Crippen LogP contribution in [0.4, 0.5) is 0 Å². The van der Waals surface area contributed by atoms with Crippen LogP contribution in [0.3, 0.4) is 0 Å². The number of fused-ring (bicyclic) bond motifs is 1. The number of carbonyl (C=O) groups is 2. The fourth-order valence-electron chi connectivity index (χ4n) is 4.47. The highest BCUT2D eigenvalue weighted by molar-refractivity contribution is 6.31. The lowest BCUT2D eigenvalue weighted by molar-refractivity contribution is -0.136. The fourth-order valence-corrected chi connectivity index (χ4v) is 4.65. The zero-order valence-corrected chi connectivity index (χ0v) is 23.9. The lowest BCUT2D eigenvalue weighted by atomic mass is 10.0. The van der Waals surface area contributed by atoms with Gasteiger partial charge in [-0.15, -0.1) is 5.10 Å². The molecule has 1 atom stereocenters. The summed E-state index contributed by atoms with van der Waals surface area (Å²) in [5, 5.41) is 12.1. The molecular weight excluding hydrogens is 556 g/mol. The van der Waals surface area contributed by atoms with E-state index in [1.54, 1.807) is 59.3 Å². The zero-order valence-electron chi connectivity index (χ0n) is 23.1.